The number of hydrogen-bond donors (Lipinski definition) is 4. The molecule has 3 saturated heterocycles. The monoisotopic (exact) mass is 657 g/mol. The molecule has 5 heterocycles. The molecule has 2 aromatic rings. The lowest BCUT2D eigenvalue weighted by Crippen LogP contribution is -2.72. The normalized spacial score (nSPS) is 32.3. The molecular weight excluding hydrogens is 614 g/mol. The van der Waals surface area contributed by atoms with Crippen LogP contribution in [0.25, 0.3) is 16.5 Å². The fourth-order valence-corrected chi connectivity index (χ4v) is 7.97. The molecule has 0 spiro atoms. The zero-order chi connectivity index (χ0) is 33.5. The van der Waals surface area contributed by atoms with Gasteiger partial charge in [-0.1, -0.05) is 45.9 Å². The van der Waals surface area contributed by atoms with Crippen LogP contribution in [0.15, 0.2) is 30.5 Å². The number of ether oxygens (including phenoxy) is 1. The number of amides is 3. The minimum Gasteiger partial charge on any atom is -0.361 e. The summed E-state index contributed by atoms with van der Waals surface area (Å²) in [5.74, 6) is -4.36. The number of H-pyrrole nitrogens is 1. The second-order valence-corrected chi connectivity index (χ2v) is 15.3. The fourth-order valence-electron chi connectivity index (χ4n) is 7.97. The summed E-state index contributed by atoms with van der Waals surface area (Å²) in [6.45, 7) is 8.32. The Kier molecular flexibility index (Phi) is 7.91. The first-order chi connectivity index (χ1) is 21.5. The first-order valence-electron chi connectivity index (χ1n) is 15.8. The van der Waals surface area contributed by atoms with E-state index in [0.29, 0.717) is 32.2 Å². The lowest BCUT2D eigenvalue weighted by Gasteiger charge is -2.49. The maximum Gasteiger partial charge on any atom is 0.281 e. The number of aliphatic hydroxyl groups is 1. The molecule has 46 heavy (non-hydrogen) atoms. The number of nitrogens with zero attached hydrogens (tertiary/aromatic N) is 3. The number of aromatic nitrogens is 1. The Hall–Kier alpha value is -3.30. The Balaban J connectivity index is 0.000000692. The number of likely N-dealkylation sites (N-methyl/N-ethyl adjacent to an activating group) is 1. The van der Waals surface area contributed by atoms with Gasteiger partial charge in [0.1, 0.15) is 12.1 Å². The van der Waals surface area contributed by atoms with Crippen LogP contribution in [0.5, 0.6) is 0 Å². The van der Waals surface area contributed by atoms with Crippen molar-refractivity contribution in [2.75, 3.05) is 26.4 Å². The molecule has 6 atom stereocenters. The molecule has 13 nitrogen and oxygen atoms in total. The summed E-state index contributed by atoms with van der Waals surface area (Å²) in [5.41, 5.74) is 2.78. The topological polar surface area (TPSA) is 173 Å². The molecule has 14 heteroatoms. The number of carbonyl (C=O) groups excluding carboxylic acids is 3. The Morgan fingerprint density at radius 2 is 1.89 bits per heavy atom. The van der Waals surface area contributed by atoms with E-state index in [1.807, 2.05) is 33.0 Å². The van der Waals surface area contributed by atoms with Crippen molar-refractivity contribution in [3.63, 3.8) is 0 Å². The average molecular weight is 658 g/mol. The second kappa shape index (κ2) is 11.2. The molecule has 0 bridgehead atoms. The number of nitrogens with one attached hydrogen (secondary N) is 2. The maximum atomic E-state index is 14.3. The lowest BCUT2D eigenvalue weighted by molar-refractivity contribution is -0.323. The highest BCUT2D eigenvalue weighted by molar-refractivity contribution is 7.85. The summed E-state index contributed by atoms with van der Waals surface area (Å²) in [7, 11) is -1.64. The Morgan fingerprint density at radius 3 is 2.54 bits per heavy atom. The van der Waals surface area contributed by atoms with E-state index in [2.05, 4.69) is 33.5 Å². The number of carbonyl (C=O) groups is 3. The minimum absolute atomic E-state index is 0.150. The molecule has 1 aromatic carbocycles. The smallest absolute Gasteiger partial charge is 0.281 e. The van der Waals surface area contributed by atoms with Gasteiger partial charge in [0.15, 0.2) is 0 Å². The predicted octanol–water partition coefficient (Wildman–Crippen LogP) is 1.54. The Morgan fingerprint density at radius 1 is 1.20 bits per heavy atom. The predicted molar refractivity (Wildman–Crippen MR) is 169 cm³/mol. The van der Waals surface area contributed by atoms with Crippen LogP contribution in [0.2, 0.25) is 0 Å². The van der Waals surface area contributed by atoms with Crippen LogP contribution in [-0.4, -0.2) is 112 Å². The highest BCUT2D eigenvalue weighted by atomic mass is 32.2. The molecule has 4 aliphatic heterocycles. The summed E-state index contributed by atoms with van der Waals surface area (Å²) >= 11 is 0. The Labute approximate surface area is 268 Å². The third-order valence-electron chi connectivity index (χ3n) is 10.1. The zero-order valence-electron chi connectivity index (χ0n) is 27.0. The number of aromatic amines is 1. The summed E-state index contributed by atoms with van der Waals surface area (Å²) in [6, 6.07) is 4.80. The number of fused-ring (bicyclic) bond motifs is 5. The van der Waals surface area contributed by atoms with Crippen LogP contribution >= 0.6 is 0 Å². The van der Waals surface area contributed by atoms with E-state index >= 15 is 0 Å². The molecule has 5 aliphatic rings. The van der Waals surface area contributed by atoms with Gasteiger partial charge in [0, 0.05) is 42.1 Å². The third kappa shape index (κ3) is 5.05. The van der Waals surface area contributed by atoms with Crippen LogP contribution in [0.1, 0.15) is 51.7 Å². The van der Waals surface area contributed by atoms with E-state index in [1.54, 1.807) is 18.7 Å². The number of piperazine rings is 1. The average Bonchev–Trinajstić information content (AvgIpc) is 3.67. The first kappa shape index (κ1) is 32.6. The molecule has 250 valence electrons. The quantitative estimate of drug-likeness (QED) is 0.356. The summed E-state index contributed by atoms with van der Waals surface area (Å²) in [6.07, 6.45) is 6.93. The highest BCUT2D eigenvalue weighted by Gasteiger charge is 2.72. The van der Waals surface area contributed by atoms with Gasteiger partial charge < -0.3 is 20.3 Å². The third-order valence-corrected chi connectivity index (χ3v) is 10.1. The molecule has 1 aromatic heterocycles. The highest BCUT2D eigenvalue weighted by Crippen LogP contribution is 2.49. The van der Waals surface area contributed by atoms with Crippen molar-refractivity contribution in [1.29, 1.82) is 0 Å². The van der Waals surface area contributed by atoms with Crippen LogP contribution in [-0.2, 0) is 35.7 Å². The molecule has 0 saturated carbocycles. The second-order valence-electron chi connectivity index (χ2n) is 13.9. The number of benzene rings is 1. The lowest BCUT2D eigenvalue weighted by atomic mass is 9.79. The summed E-state index contributed by atoms with van der Waals surface area (Å²) in [5, 5.41) is 16.2. The van der Waals surface area contributed by atoms with Crippen molar-refractivity contribution in [1.82, 2.24) is 25.0 Å². The van der Waals surface area contributed by atoms with Gasteiger partial charge in [-0.2, -0.15) is 8.42 Å². The van der Waals surface area contributed by atoms with E-state index in [9.17, 15) is 27.9 Å². The van der Waals surface area contributed by atoms with Crippen LogP contribution in [0.3, 0.4) is 0 Å². The Bertz CT molecular complexity index is 1730. The minimum atomic E-state index is -3.67. The maximum absolute atomic E-state index is 14.3. The van der Waals surface area contributed by atoms with E-state index in [0.717, 1.165) is 23.1 Å². The van der Waals surface area contributed by atoms with E-state index < -0.39 is 51.6 Å². The van der Waals surface area contributed by atoms with E-state index in [-0.39, 0.29) is 23.8 Å². The van der Waals surface area contributed by atoms with Crippen LogP contribution in [0.4, 0.5) is 0 Å². The van der Waals surface area contributed by atoms with E-state index in [1.165, 1.54) is 15.8 Å². The number of hydrogen-bond acceptors (Lipinski definition) is 8. The molecule has 3 amide bonds. The molecule has 7 rings (SSSR count). The van der Waals surface area contributed by atoms with Gasteiger partial charge in [-0.15, -0.1) is 0 Å². The van der Waals surface area contributed by atoms with Gasteiger partial charge >= 0.3 is 0 Å². The first-order valence-corrected chi connectivity index (χ1v) is 17.6. The van der Waals surface area contributed by atoms with Crippen molar-refractivity contribution >= 4 is 44.3 Å². The van der Waals surface area contributed by atoms with Gasteiger partial charge in [0.2, 0.25) is 17.5 Å². The molecule has 3 fully saturated rings. The van der Waals surface area contributed by atoms with Crippen molar-refractivity contribution in [2.45, 2.75) is 76.7 Å². The van der Waals surface area contributed by atoms with Gasteiger partial charge in [0.25, 0.3) is 21.9 Å². The van der Waals surface area contributed by atoms with Crippen LogP contribution in [0, 0.1) is 17.8 Å². The largest absolute Gasteiger partial charge is 0.361 e. The van der Waals surface area contributed by atoms with E-state index in [4.69, 9.17) is 9.29 Å². The van der Waals surface area contributed by atoms with Crippen molar-refractivity contribution in [3.8, 4) is 0 Å². The van der Waals surface area contributed by atoms with Crippen molar-refractivity contribution < 1.29 is 37.2 Å². The molecule has 0 radical (unpaired) electrons. The van der Waals surface area contributed by atoms with Gasteiger partial charge in [-0.05, 0) is 55.0 Å². The SMILES string of the molecule is CC(C)[C@@H]1C(=O)N2CCC[C@H]2[C@]2(O)O[C@](NC(=O)[C@@H]3C=C4c5cccc6[nH]cc(c56)C[C@H]4N(C)C3)(C(C)C)C(=O)N12.CS(=O)(=O)O. The van der Waals surface area contributed by atoms with Crippen molar-refractivity contribution in [3.05, 3.63) is 41.6 Å². The molecule has 1 aliphatic carbocycles. The van der Waals surface area contributed by atoms with Crippen molar-refractivity contribution in [2.24, 2.45) is 17.8 Å². The molecular formula is C32H43N5O8S. The fraction of sp³-hybridized carbons (Fsp3) is 0.594. The molecule has 0 unspecified atom stereocenters. The summed E-state index contributed by atoms with van der Waals surface area (Å²) in [4.78, 5) is 50.4. The standard InChI is InChI=1S/C31H39N5O5.CH4O3S/c1-16(2)26-28(38)35-11-7-10-24(35)31(40)36(26)29(39)30(41-31,17(3)4)33-27(37)19-12-21-20-8-6-9-22-25(20)18(14-32-22)13-23(21)34(5)15-19;1-5(2,3)4/h6,8-9,12,14,16-17,19,23-24,26,32,40H,7,10-11,13,15H2,1-5H3,(H,33,37);1H3,(H,2,3,4)/t19-,23-,24+,26-,30-,31+;/m1./s1. The summed E-state index contributed by atoms with van der Waals surface area (Å²) < 4.78 is 32.3. The van der Waals surface area contributed by atoms with Gasteiger partial charge in [-0.25, -0.2) is 0 Å². The zero-order valence-corrected chi connectivity index (χ0v) is 27.8. The number of rotatable bonds is 4. The van der Waals surface area contributed by atoms with Crippen LogP contribution < -0.4 is 5.32 Å². The molecule has 4 N–H and O–H groups in total. The van der Waals surface area contributed by atoms with Gasteiger partial charge in [-0.3, -0.25) is 33.5 Å². The van der Waals surface area contributed by atoms with Gasteiger partial charge in [0.05, 0.1) is 12.2 Å².